The Kier molecular flexibility index (Phi) is 3.66. The molecule has 2 aromatic rings. The first-order chi connectivity index (χ1) is 8.35. The monoisotopic (exact) mass is 227 g/mol. The summed E-state index contributed by atoms with van der Waals surface area (Å²) in [4.78, 5) is 0. The van der Waals surface area contributed by atoms with E-state index in [0.29, 0.717) is 0 Å². The third-order valence-electron chi connectivity index (χ3n) is 2.70. The van der Waals surface area contributed by atoms with Crippen LogP contribution >= 0.6 is 0 Å². The van der Waals surface area contributed by atoms with Crippen LogP contribution in [0.3, 0.4) is 0 Å². The molecule has 0 fully saturated rings. The van der Waals surface area contributed by atoms with Gasteiger partial charge in [0.1, 0.15) is 11.5 Å². The molecule has 0 aliphatic rings. The first-order valence-corrected chi connectivity index (χ1v) is 5.50. The summed E-state index contributed by atoms with van der Waals surface area (Å²) in [6, 6.07) is 16.8. The Morgan fingerprint density at radius 2 is 1.65 bits per heavy atom. The summed E-state index contributed by atoms with van der Waals surface area (Å²) < 4.78 is 10.7. The highest BCUT2D eigenvalue weighted by Gasteiger charge is 2.06. The molecule has 0 amide bonds. The van der Waals surface area contributed by atoms with Gasteiger partial charge in [0, 0.05) is 6.42 Å². The van der Waals surface area contributed by atoms with Crippen LogP contribution in [0.2, 0.25) is 0 Å². The predicted molar refractivity (Wildman–Crippen MR) is 67.6 cm³/mol. The zero-order chi connectivity index (χ0) is 12.1. The van der Waals surface area contributed by atoms with Gasteiger partial charge in [0.25, 0.3) is 0 Å². The van der Waals surface area contributed by atoms with Crippen molar-refractivity contribution < 1.29 is 9.47 Å². The SMILES string of the molecule is COc1c[c]ccc1Cc1ccccc1OC. The van der Waals surface area contributed by atoms with Crippen molar-refractivity contribution in [3.63, 3.8) is 0 Å². The first-order valence-electron chi connectivity index (χ1n) is 5.50. The molecule has 0 spiro atoms. The molecule has 2 rings (SSSR count). The van der Waals surface area contributed by atoms with E-state index < -0.39 is 0 Å². The van der Waals surface area contributed by atoms with E-state index in [4.69, 9.17) is 9.47 Å². The first kappa shape index (κ1) is 11.5. The normalized spacial score (nSPS) is 10.0. The van der Waals surface area contributed by atoms with Crippen LogP contribution in [-0.4, -0.2) is 14.2 Å². The molecule has 87 valence electrons. The molecular formula is C15H15O2. The second kappa shape index (κ2) is 5.39. The van der Waals surface area contributed by atoms with Gasteiger partial charge >= 0.3 is 0 Å². The summed E-state index contributed by atoms with van der Waals surface area (Å²) in [5.41, 5.74) is 2.29. The van der Waals surface area contributed by atoms with Crippen LogP contribution in [0, 0.1) is 6.07 Å². The van der Waals surface area contributed by atoms with Crippen LogP contribution in [0.4, 0.5) is 0 Å². The molecule has 2 aromatic carbocycles. The molecule has 0 saturated heterocycles. The van der Waals surface area contributed by atoms with Gasteiger partial charge in [-0.1, -0.05) is 30.3 Å². The molecule has 0 heterocycles. The van der Waals surface area contributed by atoms with E-state index in [9.17, 15) is 0 Å². The minimum absolute atomic E-state index is 0.794. The van der Waals surface area contributed by atoms with E-state index in [1.807, 2.05) is 36.4 Å². The van der Waals surface area contributed by atoms with Gasteiger partial charge in [-0.2, -0.15) is 0 Å². The number of benzene rings is 2. The number of rotatable bonds is 4. The molecular weight excluding hydrogens is 212 g/mol. The smallest absolute Gasteiger partial charge is 0.123 e. The number of hydrogen-bond acceptors (Lipinski definition) is 2. The molecule has 0 bridgehead atoms. The van der Waals surface area contributed by atoms with Crippen molar-refractivity contribution in [2.24, 2.45) is 0 Å². The average molecular weight is 227 g/mol. The lowest BCUT2D eigenvalue weighted by Crippen LogP contribution is -1.96. The van der Waals surface area contributed by atoms with Gasteiger partial charge in [0.2, 0.25) is 0 Å². The van der Waals surface area contributed by atoms with E-state index in [0.717, 1.165) is 29.0 Å². The molecule has 0 aliphatic carbocycles. The molecule has 0 atom stereocenters. The lowest BCUT2D eigenvalue weighted by atomic mass is 10.0. The third kappa shape index (κ3) is 2.59. The van der Waals surface area contributed by atoms with Crippen LogP contribution in [-0.2, 0) is 6.42 Å². The molecule has 0 aliphatic heterocycles. The van der Waals surface area contributed by atoms with Crippen molar-refractivity contribution in [2.45, 2.75) is 6.42 Å². The molecule has 1 radical (unpaired) electrons. The van der Waals surface area contributed by atoms with Crippen LogP contribution in [0.25, 0.3) is 0 Å². The molecule has 0 N–H and O–H groups in total. The van der Waals surface area contributed by atoms with Gasteiger partial charge in [-0.3, -0.25) is 0 Å². The predicted octanol–water partition coefficient (Wildman–Crippen LogP) is 3.09. The molecule has 2 heteroatoms. The van der Waals surface area contributed by atoms with E-state index in [-0.39, 0.29) is 0 Å². The maximum Gasteiger partial charge on any atom is 0.123 e. The molecule has 2 nitrogen and oxygen atoms in total. The second-order valence-corrected chi connectivity index (χ2v) is 3.73. The topological polar surface area (TPSA) is 18.5 Å². The fraction of sp³-hybridized carbons (Fsp3) is 0.200. The van der Waals surface area contributed by atoms with E-state index in [1.54, 1.807) is 14.2 Å². The fourth-order valence-electron chi connectivity index (χ4n) is 1.84. The van der Waals surface area contributed by atoms with Gasteiger partial charge in [0.05, 0.1) is 14.2 Å². The summed E-state index contributed by atoms with van der Waals surface area (Å²) in [6.07, 6.45) is 0.794. The minimum atomic E-state index is 0.794. The minimum Gasteiger partial charge on any atom is -0.496 e. The fourth-order valence-corrected chi connectivity index (χ4v) is 1.84. The number of hydrogen-bond donors (Lipinski definition) is 0. The van der Waals surface area contributed by atoms with Crippen LogP contribution in [0.1, 0.15) is 11.1 Å². The highest BCUT2D eigenvalue weighted by Crippen LogP contribution is 2.25. The van der Waals surface area contributed by atoms with E-state index in [1.165, 1.54) is 0 Å². The van der Waals surface area contributed by atoms with Crippen molar-refractivity contribution in [2.75, 3.05) is 14.2 Å². The summed E-state index contributed by atoms with van der Waals surface area (Å²) >= 11 is 0. The van der Waals surface area contributed by atoms with Gasteiger partial charge in [-0.25, -0.2) is 0 Å². The summed E-state index contributed by atoms with van der Waals surface area (Å²) in [5, 5.41) is 0. The van der Waals surface area contributed by atoms with Crippen molar-refractivity contribution in [3.8, 4) is 11.5 Å². The average Bonchev–Trinajstić information content (AvgIpc) is 2.40. The third-order valence-corrected chi connectivity index (χ3v) is 2.70. The Labute approximate surface area is 102 Å². The summed E-state index contributed by atoms with van der Waals surface area (Å²) in [7, 11) is 3.36. The van der Waals surface area contributed by atoms with Crippen LogP contribution in [0.15, 0.2) is 42.5 Å². The molecule has 0 saturated carbocycles. The Bertz CT molecular complexity index is 446. The number of methoxy groups -OCH3 is 2. The summed E-state index contributed by atoms with van der Waals surface area (Å²) in [5.74, 6) is 1.76. The van der Waals surface area contributed by atoms with E-state index >= 15 is 0 Å². The molecule has 0 unspecified atom stereocenters. The van der Waals surface area contributed by atoms with E-state index in [2.05, 4.69) is 12.1 Å². The van der Waals surface area contributed by atoms with Crippen molar-refractivity contribution in [1.29, 1.82) is 0 Å². The maximum atomic E-state index is 5.34. The Morgan fingerprint density at radius 3 is 2.41 bits per heavy atom. The molecule has 17 heavy (non-hydrogen) atoms. The lowest BCUT2D eigenvalue weighted by molar-refractivity contribution is 0.405. The van der Waals surface area contributed by atoms with Crippen molar-refractivity contribution in [3.05, 3.63) is 59.7 Å². The van der Waals surface area contributed by atoms with Crippen molar-refractivity contribution in [1.82, 2.24) is 0 Å². The van der Waals surface area contributed by atoms with Gasteiger partial charge < -0.3 is 9.47 Å². The maximum absolute atomic E-state index is 5.34. The Morgan fingerprint density at radius 1 is 0.941 bits per heavy atom. The lowest BCUT2D eigenvalue weighted by Gasteiger charge is -2.10. The number of para-hydroxylation sites is 1. The van der Waals surface area contributed by atoms with Crippen LogP contribution in [0.5, 0.6) is 11.5 Å². The summed E-state index contributed by atoms with van der Waals surface area (Å²) in [6.45, 7) is 0. The Hall–Kier alpha value is -1.96. The largest absolute Gasteiger partial charge is 0.496 e. The van der Waals surface area contributed by atoms with Gasteiger partial charge in [-0.15, -0.1) is 0 Å². The number of ether oxygens (including phenoxy) is 2. The second-order valence-electron chi connectivity index (χ2n) is 3.73. The van der Waals surface area contributed by atoms with Gasteiger partial charge in [-0.05, 0) is 29.3 Å². The highest BCUT2D eigenvalue weighted by atomic mass is 16.5. The highest BCUT2D eigenvalue weighted by molar-refractivity contribution is 5.42. The van der Waals surface area contributed by atoms with Crippen LogP contribution < -0.4 is 9.47 Å². The van der Waals surface area contributed by atoms with Crippen molar-refractivity contribution >= 4 is 0 Å². The van der Waals surface area contributed by atoms with Gasteiger partial charge in [0.15, 0.2) is 0 Å². The zero-order valence-corrected chi connectivity index (χ0v) is 10.1. The molecule has 0 aromatic heterocycles. The quantitative estimate of drug-likeness (QED) is 0.799. The zero-order valence-electron chi connectivity index (χ0n) is 10.1. The Balaban J connectivity index is 2.31. The standard InChI is InChI=1S/C15H15O2/c1-16-14-9-5-3-7-12(14)11-13-8-4-6-10-15(13)17-2/h3-5,7-10H,11H2,1-2H3.